The number of aliphatic hydroxyl groups excluding tert-OH is 1. The summed E-state index contributed by atoms with van der Waals surface area (Å²) >= 11 is 0. The standard InChI is InChI=1S/C49H64N6O8/c1-9-54-40-18-17-31-25-36(40)37(44(54)35-14-11-19-50-42(35)29(4)62-8)26-49(5,6)27-63-48(61)38-15-12-20-55(52-38)47(60)39(23-30-21-32(31)24-33(56)22-30)51-45(58)43(28(2)3)53(7)46(59)34-13-10-16-41(34)57/h11,14,17-19,21-22,24-25,28-29,34,38-39,41,43,52,56-57H,9-10,12-13,15-16,20,23,26-27H2,1-8H3,(H,51,58)/t29-,34+,38-,39-,41+,43?/m0/s1. The van der Waals surface area contributed by atoms with Crippen LogP contribution in [0.5, 0.6) is 5.75 Å². The first kappa shape index (κ1) is 45.7. The van der Waals surface area contributed by atoms with Gasteiger partial charge in [0.25, 0.3) is 5.91 Å². The van der Waals surface area contributed by atoms with E-state index < -0.39 is 53.3 Å². The van der Waals surface area contributed by atoms with Gasteiger partial charge in [0.1, 0.15) is 23.9 Å². The number of hydrogen-bond acceptors (Lipinski definition) is 10. The van der Waals surface area contributed by atoms with Gasteiger partial charge < -0.3 is 34.5 Å². The molecule has 338 valence electrons. The first-order valence-corrected chi connectivity index (χ1v) is 22.5. The lowest BCUT2D eigenvalue weighted by Crippen LogP contribution is -2.62. The van der Waals surface area contributed by atoms with E-state index in [0.29, 0.717) is 44.2 Å². The van der Waals surface area contributed by atoms with Crippen LogP contribution in [0.4, 0.5) is 0 Å². The zero-order valence-corrected chi connectivity index (χ0v) is 37.9. The maximum absolute atomic E-state index is 14.6. The number of aliphatic hydroxyl groups is 1. The Morgan fingerprint density at radius 2 is 1.84 bits per heavy atom. The Morgan fingerprint density at radius 1 is 1.06 bits per heavy atom. The van der Waals surface area contributed by atoms with Crippen molar-refractivity contribution in [3.63, 3.8) is 0 Å². The average Bonchev–Trinajstić information content (AvgIpc) is 3.83. The Bertz CT molecular complexity index is 2360. The van der Waals surface area contributed by atoms with E-state index in [1.165, 1.54) is 9.91 Å². The lowest BCUT2D eigenvalue weighted by molar-refractivity contribution is -0.155. The number of methoxy groups -OCH3 is 1. The maximum Gasteiger partial charge on any atom is 0.324 e. The normalized spacial score (nSPS) is 22.7. The van der Waals surface area contributed by atoms with Gasteiger partial charge in [0.05, 0.1) is 36.1 Å². The molecule has 4 N–H and O–H groups in total. The van der Waals surface area contributed by atoms with Gasteiger partial charge in [-0.05, 0) is 117 Å². The van der Waals surface area contributed by atoms with E-state index in [9.17, 15) is 29.4 Å². The molecule has 2 aromatic carbocycles. The van der Waals surface area contributed by atoms with Crippen molar-refractivity contribution >= 4 is 34.6 Å². The van der Waals surface area contributed by atoms with Gasteiger partial charge >= 0.3 is 5.97 Å². The molecule has 14 heteroatoms. The van der Waals surface area contributed by atoms with E-state index in [0.717, 1.165) is 51.0 Å². The Hall–Kier alpha value is -5.31. The smallest absolute Gasteiger partial charge is 0.324 e. The number of ether oxygens (including phenoxy) is 2. The van der Waals surface area contributed by atoms with Crippen molar-refractivity contribution in [3.05, 3.63) is 71.5 Å². The molecule has 63 heavy (non-hydrogen) atoms. The zero-order valence-electron chi connectivity index (χ0n) is 37.9. The number of rotatable bonds is 9. The molecule has 2 aliphatic heterocycles. The van der Waals surface area contributed by atoms with Crippen LogP contribution in [0.15, 0.2) is 54.7 Å². The summed E-state index contributed by atoms with van der Waals surface area (Å²) in [5, 5.41) is 27.2. The fourth-order valence-electron chi connectivity index (χ4n) is 9.88. The van der Waals surface area contributed by atoms with Crippen LogP contribution >= 0.6 is 0 Å². The molecule has 0 spiro atoms. The summed E-state index contributed by atoms with van der Waals surface area (Å²) in [5.41, 5.74) is 9.59. The minimum Gasteiger partial charge on any atom is -0.508 e. The number of phenolic OH excluding ortho intramolecular Hbond substituents is 1. The van der Waals surface area contributed by atoms with Gasteiger partial charge in [0.15, 0.2) is 0 Å². The molecule has 4 heterocycles. The third kappa shape index (κ3) is 9.49. The van der Waals surface area contributed by atoms with Gasteiger partial charge in [0.2, 0.25) is 11.8 Å². The van der Waals surface area contributed by atoms with E-state index in [1.807, 2.05) is 39.0 Å². The second-order valence-corrected chi connectivity index (χ2v) is 18.8. The number of cyclic esters (lactones) is 1. The van der Waals surface area contributed by atoms with Gasteiger partial charge in [-0.2, -0.15) is 0 Å². The van der Waals surface area contributed by atoms with Crippen molar-refractivity contribution < 1.29 is 38.9 Å². The molecule has 1 unspecified atom stereocenters. The number of nitrogens with zero attached hydrogens (tertiary/aromatic N) is 4. The van der Waals surface area contributed by atoms with Gasteiger partial charge in [-0.3, -0.25) is 29.2 Å². The van der Waals surface area contributed by atoms with Gasteiger partial charge in [-0.15, -0.1) is 0 Å². The quantitative estimate of drug-likeness (QED) is 0.144. The summed E-state index contributed by atoms with van der Waals surface area (Å²) in [6, 6.07) is 12.6. The molecule has 6 bridgehead atoms. The van der Waals surface area contributed by atoms with Crippen LogP contribution in [0.25, 0.3) is 33.3 Å². The van der Waals surface area contributed by atoms with E-state index in [2.05, 4.69) is 54.3 Å². The second-order valence-electron chi connectivity index (χ2n) is 18.8. The fraction of sp³-hybridized carbons (Fsp3) is 0.531. The molecule has 2 aromatic heterocycles. The summed E-state index contributed by atoms with van der Waals surface area (Å²) in [5.74, 6) is -2.70. The SMILES string of the molecule is CCn1c(-c2cccnc2[C@H](C)OC)c2c3cc(ccc31)-c1cc(O)cc(c1)C[C@H](NC(=O)C(C(C)C)N(C)C(=O)[C@@H]1CCC[C@H]1O)C(=O)N1CCC[C@H](N1)C(=O)OCC(C)(C)C2. The van der Waals surface area contributed by atoms with Gasteiger partial charge in [-0.1, -0.05) is 39.8 Å². The predicted molar refractivity (Wildman–Crippen MR) is 240 cm³/mol. The number of phenols is 1. The molecule has 3 amide bonds. The number of amides is 3. The van der Waals surface area contributed by atoms with Crippen molar-refractivity contribution in [2.75, 3.05) is 27.3 Å². The Kier molecular flexibility index (Phi) is 13.6. The molecule has 1 aliphatic carbocycles. The zero-order chi connectivity index (χ0) is 45.3. The third-order valence-corrected chi connectivity index (χ3v) is 13.1. The number of carbonyl (C=O) groups excluding carboxylic acids is 4. The van der Waals surface area contributed by atoms with Crippen LogP contribution in [0.1, 0.15) is 96.6 Å². The van der Waals surface area contributed by atoms with Crippen molar-refractivity contribution in [1.82, 2.24) is 30.2 Å². The number of aryl methyl sites for hydroxylation is 1. The minimum atomic E-state index is -1.15. The first-order chi connectivity index (χ1) is 30.0. The third-order valence-electron chi connectivity index (χ3n) is 13.1. The van der Waals surface area contributed by atoms with E-state index in [-0.39, 0.29) is 43.3 Å². The molecule has 4 aromatic rings. The predicted octanol–water partition coefficient (Wildman–Crippen LogP) is 6.10. The molecule has 7 rings (SSSR count). The molecule has 14 nitrogen and oxygen atoms in total. The number of benzene rings is 2. The maximum atomic E-state index is 14.6. The highest BCUT2D eigenvalue weighted by atomic mass is 16.5. The molecule has 0 radical (unpaired) electrons. The molecular formula is C49H64N6O8. The summed E-state index contributed by atoms with van der Waals surface area (Å²) in [6.45, 7) is 13.0. The Labute approximate surface area is 370 Å². The van der Waals surface area contributed by atoms with Crippen LogP contribution < -0.4 is 10.7 Å². The lowest BCUT2D eigenvalue weighted by atomic mass is 9.84. The summed E-state index contributed by atoms with van der Waals surface area (Å²) in [4.78, 5) is 62.8. The fourth-order valence-corrected chi connectivity index (χ4v) is 9.88. The first-order valence-electron chi connectivity index (χ1n) is 22.5. The highest BCUT2D eigenvalue weighted by Crippen LogP contribution is 2.42. The van der Waals surface area contributed by atoms with Crippen LogP contribution in [0, 0.1) is 17.3 Å². The van der Waals surface area contributed by atoms with E-state index in [4.69, 9.17) is 14.5 Å². The van der Waals surface area contributed by atoms with E-state index >= 15 is 0 Å². The summed E-state index contributed by atoms with van der Waals surface area (Å²) < 4.78 is 14.2. The van der Waals surface area contributed by atoms with Crippen LogP contribution in [0.2, 0.25) is 0 Å². The molecule has 6 atom stereocenters. The molecule has 1 saturated carbocycles. The topological polar surface area (TPSA) is 176 Å². The van der Waals surface area contributed by atoms with Crippen molar-refractivity contribution in [2.24, 2.45) is 17.3 Å². The minimum absolute atomic E-state index is 0.00257. The molecule has 2 fully saturated rings. The number of hydrazine groups is 1. The average molecular weight is 865 g/mol. The number of aromatic nitrogens is 2. The number of fused-ring (bicyclic) bond motifs is 6. The molecular weight excluding hydrogens is 801 g/mol. The number of esters is 1. The van der Waals surface area contributed by atoms with Crippen molar-refractivity contribution in [3.8, 4) is 28.1 Å². The number of nitrogens with one attached hydrogen (secondary N) is 2. The highest BCUT2D eigenvalue weighted by molar-refractivity contribution is 5.96. The van der Waals surface area contributed by atoms with Crippen LogP contribution in [-0.4, -0.2) is 105 Å². The second kappa shape index (κ2) is 18.8. The molecule has 3 aliphatic rings. The van der Waals surface area contributed by atoms with Gasteiger partial charge in [-0.25, -0.2) is 5.43 Å². The number of carbonyl (C=O) groups is 4. The van der Waals surface area contributed by atoms with E-state index in [1.54, 1.807) is 32.5 Å². The Balaban J connectivity index is 1.34. The largest absolute Gasteiger partial charge is 0.508 e. The highest BCUT2D eigenvalue weighted by Gasteiger charge is 2.41. The van der Waals surface area contributed by atoms with Crippen molar-refractivity contribution in [1.29, 1.82) is 0 Å². The van der Waals surface area contributed by atoms with Crippen LogP contribution in [0.3, 0.4) is 0 Å². The number of hydrogen-bond donors (Lipinski definition) is 4. The van der Waals surface area contributed by atoms with Gasteiger partial charge in [0, 0.05) is 61.7 Å². The summed E-state index contributed by atoms with van der Waals surface area (Å²) in [7, 11) is 3.25. The monoisotopic (exact) mass is 864 g/mol. The molecule has 1 saturated heterocycles. The summed E-state index contributed by atoms with van der Waals surface area (Å²) in [6.07, 6.45) is 4.04. The number of aromatic hydroxyl groups is 1. The number of pyridine rings is 1. The van der Waals surface area contributed by atoms with Crippen molar-refractivity contribution in [2.45, 2.75) is 123 Å². The van der Waals surface area contributed by atoms with Crippen LogP contribution in [-0.2, 0) is 48.0 Å². The lowest BCUT2D eigenvalue weighted by Gasteiger charge is -2.37. The number of likely N-dealkylation sites (N-methyl/N-ethyl adjacent to an activating group) is 1. The Morgan fingerprint density at radius 3 is 2.54 bits per heavy atom.